The Bertz CT molecular complexity index is 948. The first-order valence-electron chi connectivity index (χ1n) is 12.3. The second kappa shape index (κ2) is 12.7. The predicted octanol–water partition coefficient (Wildman–Crippen LogP) is 1.46. The molecule has 1 aromatic carbocycles. The van der Waals surface area contributed by atoms with Gasteiger partial charge in [0, 0.05) is 12.1 Å². The van der Waals surface area contributed by atoms with Gasteiger partial charge >= 0.3 is 0 Å². The smallest absolute Gasteiger partial charge is 0.247 e. The van der Waals surface area contributed by atoms with Gasteiger partial charge in [-0.2, -0.15) is 5.10 Å². The van der Waals surface area contributed by atoms with Crippen molar-refractivity contribution in [1.82, 2.24) is 20.9 Å². The summed E-state index contributed by atoms with van der Waals surface area (Å²) in [6, 6.07) is 7.40. The Morgan fingerprint density at radius 1 is 1.09 bits per heavy atom. The molecule has 1 saturated carbocycles. The minimum Gasteiger partial charge on any atom is -0.343 e. The highest BCUT2D eigenvalue weighted by Gasteiger charge is 2.41. The maximum atomic E-state index is 13.7. The van der Waals surface area contributed by atoms with Crippen LogP contribution in [0.3, 0.4) is 0 Å². The van der Waals surface area contributed by atoms with E-state index < -0.39 is 18.1 Å². The van der Waals surface area contributed by atoms with E-state index in [-0.39, 0.29) is 28.6 Å². The van der Waals surface area contributed by atoms with Gasteiger partial charge in [-0.25, -0.2) is 0 Å². The highest BCUT2D eigenvalue weighted by atomic mass is 32.1. The van der Waals surface area contributed by atoms with Gasteiger partial charge < -0.3 is 26.7 Å². The lowest BCUT2D eigenvalue weighted by Crippen LogP contribution is -2.58. The van der Waals surface area contributed by atoms with Gasteiger partial charge in [0.05, 0.1) is 6.04 Å². The molecule has 9 nitrogen and oxygen atoms in total. The first kappa shape index (κ1) is 26.7. The summed E-state index contributed by atoms with van der Waals surface area (Å²) in [6.07, 6.45) is 6.19. The number of hydrogen-bond donors (Lipinski definition) is 4. The van der Waals surface area contributed by atoms with Crippen LogP contribution in [0.1, 0.15) is 57.4 Å². The van der Waals surface area contributed by atoms with Crippen molar-refractivity contribution in [3.63, 3.8) is 0 Å². The Labute approximate surface area is 212 Å². The SMILES string of the molecule is CN[C@@H](C)C(=O)N[C@H](C(=O)N1CCC[C@H]1C(=O)NC(=S)/C(=N\N)c1ccccc1)C1CCCCC1. The zero-order chi connectivity index (χ0) is 25.4. The van der Waals surface area contributed by atoms with Gasteiger partial charge in [-0.1, -0.05) is 61.8 Å². The molecule has 1 aliphatic heterocycles. The number of carbonyl (C=O) groups excluding carboxylic acids is 3. The van der Waals surface area contributed by atoms with E-state index in [2.05, 4.69) is 21.1 Å². The lowest BCUT2D eigenvalue weighted by Gasteiger charge is -2.35. The molecule has 1 saturated heterocycles. The normalized spacial score (nSPS) is 20.7. The van der Waals surface area contributed by atoms with Crippen molar-refractivity contribution in [2.45, 2.75) is 70.0 Å². The molecular weight excluding hydrogens is 464 g/mol. The summed E-state index contributed by atoms with van der Waals surface area (Å²) in [5.41, 5.74) is 0.997. The number of hydrazone groups is 1. The van der Waals surface area contributed by atoms with Gasteiger partial charge in [0.1, 0.15) is 22.8 Å². The fourth-order valence-corrected chi connectivity index (χ4v) is 5.13. The second-order valence-corrected chi connectivity index (χ2v) is 9.65. The van der Waals surface area contributed by atoms with E-state index in [4.69, 9.17) is 18.1 Å². The van der Waals surface area contributed by atoms with Crippen LogP contribution in [0.2, 0.25) is 0 Å². The van der Waals surface area contributed by atoms with Gasteiger partial charge in [-0.3, -0.25) is 14.4 Å². The summed E-state index contributed by atoms with van der Waals surface area (Å²) in [6.45, 7) is 2.22. The number of rotatable bonds is 8. The molecular formula is C25H36N6O3S. The van der Waals surface area contributed by atoms with E-state index in [9.17, 15) is 14.4 Å². The molecule has 3 rings (SSSR count). The standard InChI is InChI=1S/C25H36N6O3S/c1-16(27-2)22(32)28-21(18-12-7-4-8-13-18)25(34)31-15-9-14-19(31)23(33)29-24(35)20(30-26)17-10-5-3-6-11-17/h3,5-6,10-11,16,18-19,21,27H,4,7-9,12-15,26H2,1-2H3,(H,28,32)(H,29,33,35)/b30-20-/t16-,19-,21-/m0/s1. The van der Waals surface area contributed by atoms with Crippen molar-refractivity contribution >= 4 is 40.6 Å². The summed E-state index contributed by atoms with van der Waals surface area (Å²) in [7, 11) is 1.71. The number of nitrogens with one attached hydrogen (secondary N) is 3. The number of likely N-dealkylation sites (tertiary alicyclic amines) is 1. The van der Waals surface area contributed by atoms with Crippen LogP contribution in [0.25, 0.3) is 0 Å². The third-order valence-electron chi connectivity index (χ3n) is 6.98. The van der Waals surface area contributed by atoms with Crippen LogP contribution in [-0.2, 0) is 14.4 Å². The van der Waals surface area contributed by atoms with E-state index in [1.54, 1.807) is 31.0 Å². The molecule has 5 N–H and O–H groups in total. The molecule has 1 aliphatic carbocycles. The van der Waals surface area contributed by atoms with Crippen molar-refractivity contribution in [2.75, 3.05) is 13.6 Å². The molecule has 0 aromatic heterocycles. The van der Waals surface area contributed by atoms with E-state index >= 15 is 0 Å². The van der Waals surface area contributed by atoms with Crippen molar-refractivity contribution in [2.24, 2.45) is 16.9 Å². The summed E-state index contributed by atoms with van der Waals surface area (Å²) in [5, 5.41) is 12.4. The van der Waals surface area contributed by atoms with E-state index in [0.717, 1.165) is 32.1 Å². The average Bonchev–Trinajstić information content (AvgIpc) is 3.38. The monoisotopic (exact) mass is 500 g/mol. The van der Waals surface area contributed by atoms with Crippen LogP contribution in [-0.4, -0.2) is 65.0 Å². The fourth-order valence-electron chi connectivity index (χ4n) is 4.85. The Morgan fingerprint density at radius 2 is 1.77 bits per heavy atom. The van der Waals surface area contributed by atoms with Gasteiger partial charge in [0.2, 0.25) is 17.7 Å². The highest BCUT2D eigenvalue weighted by molar-refractivity contribution is 7.82. The number of hydrogen-bond acceptors (Lipinski definition) is 7. The van der Waals surface area contributed by atoms with Crippen LogP contribution in [0.15, 0.2) is 35.4 Å². The largest absolute Gasteiger partial charge is 0.343 e. The molecule has 3 amide bonds. The van der Waals surface area contributed by atoms with Crippen molar-refractivity contribution in [3.05, 3.63) is 35.9 Å². The molecule has 1 heterocycles. The zero-order valence-corrected chi connectivity index (χ0v) is 21.3. The first-order chi connectivity index (χ1) is 16.9. The number of carbonyl (C=O) groups is 3. The Hall–Kier alpha value is -2.85. The topological polar surface area (TPSA) is 129 Å². The minimum atomic E-state index is -0.667. The highest BCUT2D eigenvalue weighted by Crippen LogP contribution is 2.29. The quantitative estimate of drug-likeness (QED) is 0.185. The van der Waals surface area contributed by atoms with Crippen molar-refractivity contribution < 1.29 is 14.4 Å². The second-order valence-electron chi connectivity index (χ2n) is 9.25. The van der Waals surface area contributed by atoms with E-state index in [0.29, 0.717) is 30.7 Å². The number of thiocarbonyl (C=S) groups is 1. The molecule has 2 aliphatic rings. The summed E-state index contributed by atoms with van der Waals surface area (Å²) in [4.78, 5) is 41.3. The molecule has 190 valence electrons. The average molecular weight is 501 g/mol. The minimum absolute atomic E-state index is 0.0590. The number of nitrogens with zero attached hydrogens (tertiary/aromatic N) is 2. The zero-order valence-electron chi connectivity index (χ0n) is 20.5. The van der Waals surface area contributed by atoms with Gasteiger partial charge in [-0.05, 0) is 45.6 Å². The fraction of sp³-hybridized carbons (Fsp3) is 0.560. The number of amides is 3. The number of nitrogens with two attached hydrogens (primary N) is 1. The number of benzene rings is 1. The lowest BCUT2D eigenvalue weighted by atomic mass is 9.83. The van der Waals surface area contributed by atoms with Crippen LogP contribution in [0.5, 0.6) is 0 Å². The first-order valence-corrected chi connectivity index (χ1v) is 12.7. The van der Waals surface area contributed by atoms with Crippen molar-refractivity contribution in [1.29, 1.82) is 0 Å². The van der Waals surface area contributed by atoms with Crippen molar-refractivity contribution in [3.8, 4) is 0 Å². The Balaban J connectivity index is 1.74. The number of likely N-dealkylation sites (N-methyl/N-ethyl adjacent to an activating group) is 1. The van der Waals surface area contributed by atoms with E-state index in [1.807, 2.05) is 18.2 Å². The molecule has 0 bridgehead atoms. The molecule has 0 spiro atoms. The van der Waals surface area contributed by atoms with E-state index in [1.165, 1.54) is 0 Å². The summed E-state index contributed by atoms with van der Waals surface area (Å²) >= 11 is 5.42. The maximum absolute atomic E-state index is 13.7. The Morgan fingerprint density at radius 3 is 2.40 bits per heavy atom. The van der Waals surface area contributed by atoms with Crippen LogP contribution in [0, 0.1) is 5.92 Å². The Kier molecular flexibility index (Phi) is 9.73. The van der Waals surface area contributed by atoms with Crippen LogP contribution >= 0.6 is 12.2 Å². The lowest BCUT2D eigenvalue weighted by molar-refractivity contribution is -0.142. The maximum Gasteiger partial charge on any atom is 0.247 e. The predicted molar refractivity (Wildman–Crippen MR) is 140 cm³/mol. The third-order valence-corrected chi connectivity index (χ3v) is 7.27. The van der Waals surface area contributed by atoms with Gasteiger partial charge in [0.15, 0.2) is 0 Å². The molecule has 2 fully saturated rings. The van der Waals surface area contributed by atoms with Crippen LogP contribution in [0.4, 0.5) is 0 Å². The summed E-state index contributed by atoms with van der Waals surface area (Å²) in [5.74, 6) is 4.83. The van der Waals surface area contributed by atoms with Gasteiger partial charge in [-0.15, -0.1) is 0 Å². The third kappa shape index (κ3) is 6.64. The molecule has 3 atom stereocenters. The summed E-state index contributed by atoms with van der Waals surface area (Å²) < 4.78 is 0. The molecule has 0 unspecified atom stereocenters. The molecule has 35 heavy (non-hydrogen) atoms. The van der Waals surface area contributed by atoms with Gasteiger partial charge in [0.25, 0.3) is 0 Å². The van der Waals surface area contributed by atoms with Crippen LogP contribution < -0.4 is 21.8 Å². The molecule has 10 heteroatoms. The molecule has 1 aromatic rings. The molecule has 0 radical (unpaired) electrons.